The number of carbonyl (C=O) groups excluding carboxylic acids is 1. The molecule has 1 aromatic rings. The van der Waals surface area contributed by atoms with E-state index in [4.69, 9.17) is 4.74 Å². The highest BCUT2D eigenvalue weighted by Crippen LogP contribution is 2.16. The first-order valence-electron chi connectivity index (χ1n) is 5.72. The van der Waals surface area contributed by atoms with E-state index in [1.807, 2.05) is 31.2 Å². The SMILES string of the molecule is Cc1ccc(NC(=O)CC2CCCO2)cc1. The standard InChI is InChI=1S/C13H17NO2/c1-10-4-6-11(7-5-10)14-13(15)9-12-3-2-8-16-12/h4-7,12H,2-3,8-9H2,1H3,(H,14,15). The van der Waals surface area contributed by atoms with Crippen molar-refractivity contribution in [2.75, 3.05) is 11.9 Å². The fourth-order valence-electron chi connectivity index (χ4n) is 1.86. The number of amides is 1. The van der Waals surface area contributed by atoms with Crippen molar-refractivity contribution >= 4 is 11.6 Å². The Morgan fingerprint density at radius 1 is 1.44 bits per heavy atom. The van der Waals surface area contributed by atoms with E-state index < -0.39 is 0 Å². The molecule has 3 heteroatoms. The van der Waals surface area contributed by atoms with Crippen LogP contribution in [0.1, 0.15) is 24.8 Å². The molecule has 1 heterocycles. The third kappa shape index (κ3) is 3.07. The van der Waals surface area contributed by atoms with Gasteiger partial charge in [-0.2, -0.15) is 0 Å². The Bertz CT molecular complexity index is 353. The van der Waals surface area contributed by atoms with Gasteiger partial charge in [-0.25, -0.2) is 0 Å². The molecule has 2 rings (SSSR count). The van der Waals surface area contributed by atoms with Gasteiger partial charge in [-0.1, -0.05) is 17.7 Å². The van der Waals surface area contributed by atoms with Gasteiger partial charge >= 0.3 is 0 Å². The average molecular weight is 219 g/mol. The van der Waals surface area contributed by atoms with Crippen LogP contribution < -0.4 is 5.32 Å². The van der Waals surface area contributed by atoms with Crippen molar-refractivity contribution in [2.24, 2.45) is 0 Å². The largest absolute Gasteiger partial charge is 0.378 e. The molecule has 0 spiro atoms. The molecular weight excluding hydrogens is 202 g/mol. The van der Waals surface area contributed by atoms with E-state index in [-0.39, 0.29) is 12.0 Å². The summed E-state index contributed by atoms with van der Waals surface area (Å²) in [6, 6.07) is 7.81. The number of carbonyl (C=O) groups is 1. The minimum absolute atomic E-state index is 0.0377. The lowest BCUT2D eigenvalue weighted by Gasteiger charge is -2.09. The van der Waals surface area contributed by atoms with Gasteiger partial charge in [0, 0.05) is 12.3 Å². The van der Waals surface area contributed by atoms with E-state index in [1.165, 1.54) is 5.56 Å². The molecule has 3 nitrogen and oxygen atoms in total. The van der Waals surface area contributed by atoms with Crippen LogP contribution >= 0.6 is 0 Å². The van der Waals surface area contributed by atoms with Crippen molar-refractivity contribution in [1.82, 2.24) is 0 Å². The number of rotatable bonds is 3. The van der Waals surface area contributed by atoms with Gasteiger partial charge < -0.3 is 10.1 Å². The molecule has 1 amide bonds. The van der Waals surface area contributed by atoms with Crippen molar-refractivity contribution in [3.05, 3.63) is 29.8 Å². The van der Waals surface area contributed by atoms with Crippen molar-refractivity contribution in [2.45, 2.75) is 32.3 Å². The summed E-state index contributed by atoms with van der Waals surface area (Å²) < 4.78 is 5.42. The number of ether oxygens (including phenoxy) is 1. The van der Waals surface area contributed by atoms with E-state index in [1.54, 1.807) is 0 Å². The van der Waals surface area contributed by atoms with Crippen LogP contribution in [0.3, 0.4) is 0 Å². The first kappa shape index (κ1) is 11.1. The summed E-state index contributed by atoms with van der Waals surface area (Å²) in [6.45, 7) is 2.82. The summed E-state index contributed by atoms with van der Waals surface area (Å²) in [5.41, 5.74) is 2.05. The van der Waals surface area contributed by atoms with Gasteiger partial charge in [0.25, 0.3) is 0 Å². The highest BCUT2D eigenvalue weighted by atomic mass is 16.5. The molecule has 1 aliphatic heterocycles. The zero-order valence-electron chi connectivity index (χ0n) is 9.53. The summed E-state index contributed by atoms with van der Waals surface area (Å²) >= 11 is 0. The number of hydrogen-bond acceptors (Lipinski definition) is 2. The molecule has 1 unspecified atom stereocenters. The molecular formula is C13H17NO2. The minimum atomic E-state index is 0.0377. The van der Waals surface area contributed by atoms with Gasteiger partial charge in [0.2, 0.25) is 5.91 Å². The van der Waals surface area contributed by atoms with Crippen LogP contribution in [0.4, 0.5) is 5.69 Å². The third-order valence-corrected chi connectivity index (χ3v) is 2.77. The summed E-state index contributed by atoms with van der Waals surface area (Å²) in [7, 11) is 0. The molecule has 16 heavy (non-hydrogen) atoms. The number of hydrogen-bond donors (Lipinski definition) is 1. The number of nitrogens with one attached hydrogen (secondary N) is 1. The van der Waals surface area contributed by atoms with Crippen molar-refractivity contribution in [1.29, 1.82) is 0 Å². The van der Waals surface area contributed by atoms with Crippen LogP contribution in [0.25, 0.3) is 0 Å². The quantitative estimate of drug-likeness (QED) is 0.848. The Hall–Kier alpha value is -1.35. The average Bonchev–Trinajstić information content (AvgIpc) is 2.74. The molecule has 0 aromatic heterocycles. The predicted octanol–water partition coefficient (Wildman–Crippen LogP) is 2.50. The lowest BCUT2D eigenvalue weighted by atomic mass is 10.1. The lowest BCUT2D eigenvalue weighted by Crippen LogP contribution is -2.19. The topological polar surface area (TPSA) is 38.3 Å². The Morgan fingerprint density at radius 2 is 2.19 bits per heavy atom. The highest BCUT2D eigenvalue weighted by molar-refractivity contribution is 5.91. The fourth-order valence-corrected chi connectivity index (χ4v) is 1.86. The molecule has 0 aliphatic carbocycles. The third-order valence-electron chi connectivity index (χ3n) is 2.77. The van der Waals surface area contributed by atoms with E-state index in [2.05, 4.69) is 5.32 Å². The Labute approximate surface area is 95.8 Å². The number of benzene rings is 1. The molecule has 1 fully saturated rings. The van der Waals surface area contributed by atoms with Crippen LogP contribution in [0.2, 0.25) is 0 Å². The normalized spacial score (nSPS) is 19.7. The predicted molar refractivity (Wildman–Crippen MR) is 63.4 cm³/mol. The lowest BCUT2D eigenvalue weighted by molar-refractivity contribution is -0.118. The van der Waals surface area contributed by atoms with Crippen LogP contribution in [0.5, 0.6) is 0 Å². The zero-order chi connectivity index (χ0) is 11.4. The fraction of sp³-hybridized carbons (Fsp3) is 0.462. The van der Waals surface area contributed by atoms with Gasteiger partial charge in [-0.3, -0.25) is 4.79 Å². The van der Waals surface area contributed by atoms with E-state index in [9.17, 15) is 4.79 Å². The molecule has 1 aromatic carbocycles. The maximum atomic E-state index is 11.7. The minimum Gasteiger partial charge on any atom is -0.378 e. The van der Waals surface area contributed by atoms with Crippen LogP contribution in [0, 0.1) is 6.92 Å². The molecule has 1 N–H and O–H groups in total. The summed E-state index contributed by atoms with van der Waals surface area (Å²) in [6.07, 6.45) is 2.66. The van der Waals surface area contributed by atoms with Crippen LogP contribution in [0.15, 0.2) is 24.3 Å². The second-order valence-corrected chi connectivity index (χ2v) is 4.25. The van der Waals surface area contributed by atoms with Crippen molar-refractivity contribution in [3.8, 4) is 0 Å². The van der Waals surface area contributed by atoms with Gasteiger partial charge in [-0.05, 0) is 31.9 Å². The Balaban J connectivity index is 1.84. The number of aryl methyl sites for hydroxylation is 1. The summed E-state index contributed by atoms with van der Waals surface area (Å²) in [5.74, 6) is 0.0377. The molecule has 86 valence electrons. The smallest absolute Gasteiger partial charge is 0.226 e. The van der Waals surface area contributed by atoms with Crippen LogP contribution in [-0.2, 0) is 9.53 Å². The van der Waals surface area contributed by atoms with Crippen molar-refractivity contribution < 1.29 is 9.53 Å². The molecule has 0 saturated carbocycles. The van der Waals surface area contributed by atoms with E-state index in [0.29, 0.717) is 6.42 Å². The van der Waals surface area contributed by atoms with Crippen molar-refractivity contribution in [3.63, 3.8) is 0 Å². The van der Waals surface area contributed by atoms with Gasteiger partial charge in [0.15, 0.2) is 0 Å². The van der Waals surface area contributed by atoms with Gasteiger partial charge in [0.1, 0.15) is 0 Å². The molecule has 1 atom stereocenters. The summed E-state index contributed by atoms with van der Waals surface area (Å²) in [4.78, 5) is 11.7. The molecule has 1 aliphatic rings. The Kier molecular flexibility index (Phi) is 3.57. The maximum Gasteiger partial charge on any atom is 0.226 e. The van der Waals surface area contributed by atoms with Crippen LogP contribution in [-0.4, -0.2) is 18.6 Å². The molecule has 1 saturated heterocycles. The first-order chi connectivity index (χ1) is 7.74. The zero-order valence-corrected chi connectivity index (χ0v) is 9.53. The van der Waals surface area contributed by atoms with E-state index >= 15 is 0 Å². The van der Waals surface area contributed by atoms with Gasteiger partial charge in [0.05, 0.1) is 12.5 Å². The number of anilines is 1. The van der Waals surface area contributed by atoms with Gasteiger partial charge in [-0.15, -0.1) is 0 Å². The highest BCUT2D eigenvalue weighted by Gasteiger charge is 2.18. The molecule has 0 radical (unpaired) electrons. The monoisotopic (exact) mass is 219 g/mol. The van der Waals surface area contributed by atoms with E-state index in [0.717, 1.165) is 25.1 Å². The summed E-state index contributed by atoms with van der Waals surface area (Å²) in [5, 5.41) is 2.88. The maximum absolute atomic E-state index is 11.7. The molecule has 0 bridgehead atoms. The Morgan fingerprint density at radius 3 is 2.81 bits per heavy atom. The second kappa shape index (κ2) is 5.12. The first-order valence-corrected chi connectivity index (χ1v) is 5.72. The second-order valence-electron chi connectivity index (χ2n) is 4.25.